The lowest BCUT2D eigenvalue weighted by Gasteiger charge is -2.00. The lowest BCUT2D eigenvalue weighted by molar-refractivity contribution is -0.135. The molecule has 18 heavy (non-hydrogen) atoms. The Morgan fingerprint density at radius 1 is 1.33 bits per heavy atom. The monoisotopic (exact) mass is 247 g/mol. The Labute approximate surface area is 107 Å². The predicted molar refractivity (Wildman–Crippen MR) is 71.2 cm³/mol. The van der Waals surface area contributed by atoms with Crippen LogP contribution in [0.15, 0.2) is 41.6 Å². The van der Waals surface area contributed by atoms with Crippen LogP contribution in [0.4, 0.5) is 0 Å². The summed E-state index contributed by atoms with van der Waals surface area (Å²) in [4.78, 5) is 16.2. The van der Waals surface area contributed by atoms with Crippen LogP contribution in [0, 0.1) is 0 Å². The molecule has 0 heterocycles. The van der Waals surface area contributed by atoms with Crippen molar-refractivity contribution < 1.29 is 14.4 Å². The number of hydrogen-bond acceptors (Lipinski definition) is 4. The van der Waals surface area contributed by atoms with Gasteiger partial charge in [0.25, 0.3) is 0 Å². The van der Waals surface area contributed by atoms with Crippen molar-refractivity contribution in [3.8, 4) is 0 Å². The minimum Gasteiger partial charge on any atom is -0.461 e. The molecular formula is C14H17NO3. The first-order valence-corrected chi connectivity index (χ1v) is 5.79. The van der Waals surface area contributed by atoms with Gasteiger partial charge in [-0.15, -0.1) is 0 Å². The van der Waals surface area contributed by atoms with E-state index in [1.807, 2.05) is 42.5 Å². The number of benzene rings is 1. The zero-order valence-electron chi connectivity index (χ0n) is 10.6. The van der Waals surface area contributed by atoms with E-state index in [1.165, 1.54) is 0 Å². The average molecular weight is 247 g/mol. The fourth-order valence-electron chi connectivity index (χ4n) is 1.20. The number of ether oxygens (including phenoxy) is 1. The van der Waals surface area contributed by atoms with Crippen LogP contribution in [0.3, 0.4) is 0 Å². The lowest BCUT2D eigenvalue weighted by Crippen LogP contribution is -2.14. The second-order valence-electron chi connectivity index (χ2n) is 3.51. The maximum Gasteiger partial charge on any atom is 0.355 e. The first-order chi connectivity index (χ1) is 8.74. The second kappa shape index (κ2) is 8.06. The summed E-state index contributed by atoms with van der Waals surface area (Å²) in [6.07, 6.45) is 3.76. The largest absolute Gasteiger partial charge is 0.461 e. The predicted octanol–water partition coefficient (Wildman–Crippen LogP) is 2.66. The van der Waals surface area contributed by atoms with Gasteiger partial charge in [0, 0.05) is 0 Å². The summed E-state index contributed by atoms with van der Waals surface area (Å²) in [5.41, 5.74) is 1.30. The Kier molecular flexibility index (Phi) is 6.25. The molecule has 0 saturated heterocycles. The van der Waals surface area contributed by atoms with Gasteiger partial charge in [-0.2, -0.15) is 0 Å². The highest BCUT2D eigenvalue weighted by Gasteiger charge is 2.05. The molecular weight excluding hydrogens is 230 g/mol. The Balaban J connectivity index is 2.32. The van der Waals surface area contributed by atoms with Crippen LogP contribution in [-0.2, 0) is 14.4 Å². The molecule has 0 N–H and O–H groups in total. The summed E-state index contributed by atoms with van der Waals surface area (Å²) in [5.74, 6) is -0.454. The molecule has 96 valence electrons. The van der Waals surface area contributed by atoms with Gasteiger partial charge in [0.1, 0.15) is 6.61 Å². The molecule has 0 aliphatic rings. The van der Waals surface area contributed by atoms with Gasteiger partial charge in [0.05, 0.1) is 6.61 Å². The Morgan fingerprint density at radius 3 is 2.72 bits per heavy atom. The maximum atomic E-state index is 11.2. The van der Waals surface area contributed by atoms with Crippen LogP contribution in [-0.4, -0.2) is 24.9 Å². The number of carbonyl (C=O) groups excluding carboxylic acids is 1. The molecule has 0 spiro atoms. The molecule has 0 bridgehead atoms. The maximum absolute atomic E-state index is 11.2. The fourth-order valence-corrected chi connectivity index (χ4v) is 1.20. The summed E-state index contributed by atoms with van der Waals surface area (Å²) in [6.45, 7) is 3.94. The van der Waals surface area contributed by atoms with Gasteiger partial charge in [-0.3, -0.25) is 0 Å². The summed E-state index contributed by atoms with van der Waals surface area (Å²) in [6, 6.07) is 9.86. The van der Waals surface area contributed by atoms with Crippen LogP contribution in [0.2, 0.25) is 0 Å². The second-order valence-corrected chi connectivity index (χ2v) is 3.51. The van der Waals surface area contributed by atoms with Crippen molar-refractivity contribution in [2.24, 2.45) is 5.16 Å². The van der Waals surface area contributed by atoms with Gasteiger partial charge >= 0.3 is 5.97 Å². The summed E-state index contributed by atoms with van der Waals surface area (Å²) >= 11 is 0. The van der Waals surface area contributed by atoms with Crippen molar-refractivity contribution in [1.29, 1.82) is 0 Å². The number of carbonyl (C=O) groups is 1. The number of nitrogens with zero attached hydrogens (tertiary/aromatic N) is 1. The molecule has 4 nitrogen and oxygen atoms in total. The first-order valence-electron chi connectivity index (χ1n) is 5.79. The minimum absolute atomic E-state index is 0.213. The number of oxime groups is 1. The third-order valence-corrected chi connectivity index (χ3v) is 2.05. The van der Waals surface area contributed by atoms with E-state index in [0.29, 0.717) is 13.2 Å². The molecule has 0 radical (unpaired) electrons. The van der Waals surface area contributed by atoms with E-state index < -0.39 is 5.97 Å². The average Bonchev–Trinajstić information content (AvgIpc) is 2.39. The van der Waals surface area contributed by atoms with Gasteiger partial charge in [-0.25, -0.2) is 4.79 Å². The van der Waals surface area contributed by atoms with E-state index in [9.17, 15) is 4.79 Å². The van der Waals surface area contributed by atoms with E-state index in [0.717, 1.165) is 5.56 Å². The van der Waals surface area contributed by atoms with Crippen LogP contribution >= 0.6 is 0 Å². The molecule has 1 aromatic rings. The van der Waals surface area contributed by atoms with Crippen LogP contribution < -0.4 is 0 Å². The topological polar surface area (TPSA) is 47.9 Å². The Bertz CT molecular complexity index is 424. The SMILES string of the molecule is CCOC(=O)/C(C)=N\OC/C=C/c1ccccc1. The Morgan fingerprint density at radius 2 is 2.06 bits per heavy atom. The van der Waals surface area contributed by atoms with Crippen LogP contribution in [0.25, 0.3) is 6.08 Å². The van der Waals surface area contributed by atoms with E-state index >= 15 is 0 Å². The molecule has 0 aliphatic heterocycles. The highest BCUT2D eigenvalue weighted by molar-refractivity contribution is 6.35. The van der Waals surface area contributed by atoms with Gasteiger partial charge in [-0.05, 0) is 25.5 Å². The summed E-state index contributed by atoms with van der Waals surface area (Å²) in [7, 11) is 0. The minimum atomic E-state index is -0.454. The van der Waals surface area contributed by atoms with Crippen molar-refractivity contribution in [1.82, 2.24) is 0 Å². The van der Waals surface area contributed by atoms with E-state index in [-0.39, 0.29) is 5.71 Å². The smallest absolute Gasteiger partial charge is 0.355 e. The highest BCUT2D eigenvalue weighted by atomic mass is 16.6. The van der Waals surface area contributed by atoms with Gasteiger partial charge in [0.15, 0.2) is 5.71 Å². The summed E-state index contributed by atoms with van der Waals surface area (Å²) in [5, 5.41) is 3.66. The highest BCUT2D eigenvalue weighted by Crippen LogP contribution is 2.00. The zero-order chi connectivity index (χ0) is 13.2. The molecule has 0 fully saturated rings. The van der Waals surface area contributed by atoms with Crippen LogP contribution in [0.5, 0.6) is 0 Å². The van der Waals surface area contributed by atoms with E-state index in [2.05, 4.69) is 5.16 Å². The molecule has 0 atom stereocenters. The van der Waals surface area contributed by atoms with Gasteiger partial charge < -0.3 is 9.57 Å². The number of hydrogen-bond donors (Lipinski definition) is 0. The molecule has 0 amide bonds. The lowest BCUT2D eigenvalue weighted by atomic mass is 10.2. The van der Waals surface area contributed by atoms with Crippen molar-refractivity contribution in [3.05, 3.63) is 42.0 Å². The van der Waals surface area contributed by atoms with Crippen molar-refractivity contribution >= 4 is 17.8 Å². The molecule has 1 aromatic carbocycles. The summed E-state index contributed by atoms with van der Waals surface area (Å²) < 4.78 is 4.76. The molecule has 0 saturated carbocycles. The van der Waals surface area contributed by atoms with Crippen LogP contribution in [0.1, 0.15) is 19.4 Å². The third kappa shape index (κ3) is 5.30. The molecule has 0 aromatic heterocycles. The zero-order valence-corrected chi connectivity index (χ0v) is 10.6. The molecule has 1 rings (SSSR count). The first kappa shape index (κ1) is 14.0. The van der Waals surface area contributed by atoms with Gasteiger partial charge in [0.2, 0.25) is 0 Å². The van der Waals surface area contributed by atoms with E-state index in [1.54, 1.807) is 13.8 Å². The quantitative estimate of drug-likeness (QED) is 0.336. The molecule has 0 aliphatic carbocycles. The van der Waals surface area contributed by atoms with Crippen molar-refractivity contribution in [2.45, 2.75) is 13.8 Å². The third-order valence-electron chi connectivity index (χ3n) is 2.05. The number of esters is 1. The normalized spacial score (nSPS) is 11.6. The number of rotatable bonds is 6. The van der Waals surface area contributed by atoms with Crippen molar-refractivity contribution in [3.63, 3.8) is 0 Å². The molecule has 0 unspecified atom stereocenters. The standard InChI is InChI=1S/C14H17NO3/c1-3-17-14(16)12(2)15-18-11-7-10-13-8-5-4-6-9-13/h4-10H,3,11H2,1-2H3/b10-7+,15-12-. The van der Waals surface area contributed by atoms with Gasteiger partial charge in [-0.1, -0.05) is 41.6 Å². The molecule has 4 heteroatoms. The fraction of sp³-hybridized carbons (Fsp3) is 0.286. The van der Waals surface area contributed by atoms with E-state index in [4.69, 9.17) is 9.57 Å². The van der Waals surface area contributed by atoms with Crippen molar-refractivity contribution in [2.75, 3.05) is 13.2 Å². The Hall–Kier alpha value is -2.10.